The molecule has 3 nitrogen and oxygen atoms in total. The van der Waals surface area contributed by atoms with E-state index in [4.69, 9.17) is 4.74 Å². The summed E-state index contributed by atoms with van der Waals surface area (Å²) >= 11 is 0. The number of aryl methyl sites for hydroxylation is 1. The predicted molar refractivity (Wildman–Crippen MR) is 58.6 cm³/mol. The summed E-state index contributed by atoms with van der Waals surface area (Å²) in [4.78, 5) is 11.4. The highest BCUT2D eigenvalue weighted by Gasteiger charge is 2.26. The van der Waals surface area contributed by atoms with Crippen LogP contribution in [0.5, 0.6) is 0 Å². The second-order valence-electron chi connectivity index (χ2n) is 3.44. The highest BCUT2D eigenvalue weighted by Crippen LogP contribution is 2.02. The van der Waals surface area contributed by atoms with Gasteiger partial charge in [-0.1, -0.05) is 13.0 Å². The summed E-state index contributed by atoms with van der Waals surface area (Å²) in [5.41, 5.74) is 1.09. The van der Waals surface area contributed by atoms with Crippen LogP contribution in [0.1, 0.15) is 19.5 Å². The van der Waals surface area contributed by atoms with Crippen LogP contribution in [0.2, 0.25) is 5.82 Å². The molecule has 0 unspecified atom stereocenters. The summed E-state index contributed by atoms with van der Waals surface area (Å²) < 4.78 is 6.86. The lowest BCUT2D eigenvalue weighted by atomic mass is 9.76. The Kier molecular flexibility index (Phi) is 4.34. The third kappa shape index (κ3) is 3.38. The number of nitrogens with zero attached hydrogens (tertiary/aromatic N) is 1. The fourth-order valence-electron chi connectivity index (χ4n) is 1.28. The lowest BCUT2D eigenvalue weighted by Gasteiger charge is -2.05. The van der Waals surface area contributed by atoms with Crippen molar-refractivity contribution in [1.82, 2.24) is 0 Å². The van der Waals surface area contributed by atoms with Crippen molar-refractivity contribution in [2.75, 3.05) is 6.61 Å². The maximum Gasteiger partial charge on any atom is 0.554 e. The maximum atomic E-state index is 11.4. The van der Waals surface area contributed by atoms with Gasteiger partial charge in [0.2, 0.25) is 0 Å². The maximum absolute atomic E-state index is 11.4. The standard InChI is InChI=1S/C11H16BNO2/c1-4-15-11(14)10(3)12-13-8-6-5-7-9(13)2/h5-8,10H,4H2,1-3H3/q+1/t10-/m1/s1. The zero-order chi connectivity index (χ0) is 11.3. The van der Waals surface area contributed by atoms with Gasteiger partial charge in [-0.3, -0.25) is 9.27 Å². The minimum absolute atomic E-state index is 0.187. The molecule has 15 heavy (non-hydrogen) atoms. The monoisotopic (exact) mass is 205 g/mol. The van der Waals surface area contributed by atoms with Crippen LogP contribution < -0.4 is 4.48 Å². The van der Waals surface area contributed by atoms with Gasteiger partial charge in [-0.05, 0) is 13.0 Å². The normalized spacial score (nSPS) is 11.9. The molecule has 1 radical (unpaired) electrons. The van der Waals surface area contributed by atoms with Gasteiger partial charge in [-0.15, -0.1) is 0 Å². The number of rotatable bonds is 4. The van der Waals surface area contributed by atoms with Gasteiger partial charge in [0, 0.05) is 13.0 Å². The van der Waals surface area contributed by atoms with Crippen molar-refractivity contribution in [2.24, 2.45) is 0 Å². The van der Waals surface area contributed by atoms with E-state index in [0.717, 1.165) is 5.69 Å². The molecule has 1 heterocycles. The van der Waals surface area contributed by atoms with Crippen LogP contribution in [-0.2, 0) is 9.53 Å². The Bertz CT molecular complexity index is 341. The molecule has 1 aromatic heterocycles. The second-order valence-corrected chi connectivity index (χ2v) is 3.44. The van der Waals surface area contributed by atoms with E-state index in [9.17, 15) is 4.79 Å². The van der Waals surface area contributed by atoms with E-state index in [1.165, 1.54) is 0 Å². The molecule has 0 saturated carbocycles. The lowest BCUT2D eigenvalue weighted by Crippen LogP contribution is -2.46. The van der Waals surface area contributed by atoms with E-state index in [2.05, 4.69) is 0 Å². The molecule has 1 rings (SSSR count). The van der Waals surface area contributed by atoms with E-state index in [1.807, 2.05) is 57.1 Å². The smallest absolute Gasteiger partial charge is 0.466 e. The molecule has 0 aromatic carbocycles. The SMILES string of the molecule is CCOC(=O)[C@@H](C)[B][n+]1ccccc1C. The number of carbonyl (C=O) groups excluding carboxylic acids is 1. The van der Waals surface area contributed by atoms with Gasteiger partial charge in [0.1, 0.15) is 12.0 Å². The Hall–Kier alpha value is -1.32. The molecule has 0 amide bonds. The first kappa shape index (κ1) is 11.8. The fraction of sp³-hybridized carbons (Fsp3) is 0.455. The molecule has 0 saturated heterocycles. The van der Waals surface area contributed by atoms with Crippen LogP contribution in [0.4, 0.5) is 0 Å². The first-order chi connectivity index (χ1) is 7.15. The molecule has 0 fully saturated rings. The van der Waals surface area contributed by atoms with Crippen molar-refractivity contribution in [3.8, 4) is 0 Å². The number of ether oxygens (including phenoxy) is 1. The average Bonchev–Trinajstić information content (AvgIpc) is 2.21. The summed E-state index contributed by atoms with van der Waals surface area (Å²) in [6.07, 6.45) is 1.92. The second kappa shape index (κ2) is 5.54. The van der Waals surface area contributed by atoms with Crippen LogP contribution in [0.15, 0.2) is 24.4 Å². The third-order valence-electron chi connectivity index (χ3n) is 2.15. The van der Waals surface area contributed by atoms with Gasteiger partial charge in [0.15, 0.2) is 5.69 Å². The van der Waals surface area contributed by atoms with E-state index in [-0.39, 0.29) is 11.8 Å². The van der Waals surface area contributed by atoms with Crippen LogP contribution in [0, 0.1) is 6.92 Å². The van der Waals surface area contributed by atoms with E-state index >= 15 is 0 Å². The van der Waals surface area contributed by atoms with Crippen molar-refractivity contribution in [3.05, 3.63) is 30.1 Å². The molecule has 4 heteroatoms. The van der Waals surface area contributed by atoms with Crippen molar-refractivity contribution in [3.63, 3.8) is 0 Å². The first-order valence-corrected chi connectivity index (χ1v) is 5.13. The lowest BCUT2D eigenvalue weighted by molar-refractivity contribution is -0.538. The van der Waals surface area contributed by atoms with Crippen LogP contribution in [0.25, 0.3) is 0 Å². The number of pyridine rings is 1. The van der Waals surface area contributed by atoms with E-state index in [0.29, 0.717) is 6.61 Å². The molecule has 0 aliphatic carbocycles. The van der Waals surface area contributed by atoms with Gasteiger partial charge in [-0.2, -0.15) is 0 Å². The summed E-state index contributed by atoms with van der Waals surface area (Å²) in [6.45, 7) is 6.06. The van der Waals surface area contributed by atoms with Crippen molar-refractivity contribution in [2.45, 2.75) is 26.6 Å². The zero-order valence-electron chi connectivity index (χ0n) is 9.43. The summed E-state index contributed by atoms with van der Waals surface area (Å²) in [6, 6.07) is 5.89. The van der Waals surface area contributed by atoms with Crippen molar-refractivity contribution in [1.29, 1.82) is 0 Å². The van der Waals surface area contributed by atoms with Crippen LogP contribution in [0.3, 0.4) is 0 Å². The van der Waals surface area contributed by atoms with Crippen molar-refractivity contribution < 1.29 is 14.0 Å². The van der Waals surface area contributed by atoms with Crippen LogP contribution >= 0.6 is 0 Å². The predicted octanol–water partition coefficient (Wildman–Crippen LogP) is 1.12. The molecule has 0 aliphatic heterocycles. The average molecular weight is 205 g/mol. The quantitative estimate of drug-likeness (QED) is 0.544. The Morgan fingerprint density at radius 1 is 1.60 bits per heavy atom. The number of aromatic nitrogens is 1. The number of esters is 1. The highest BCUT2D eigenvalue weighted by atomic mass is 16.5. The van der Waals surface area contributed by atoms with E-state index < -0.39 is 0 Å². The van der Waals surface area contributed by atoms with E-state index in [1.54, 1.807) is 0 Å². The Balaban J connectivity index is 2.62. The number of hydrogen-bond acceptors (Lipinski definition) is 2. The molecular weight excluding hydrogens is 189 g/mol. The Labute approximate surface area is 91.3 Å². The molecule has 0 aliphatic rings. The molecule has 0 spiro atoms. The topological polar surface area (TPSA) is 30.2 Å². The minimum atomic E-state index is -0.226. The minimum Gasteiger partial charge on any atom is -0.466 e. The van der Waals surface area contributed by atoms with Gasteiger partial charge >= 0.3 is 13.4 Å². The highest BCUT2D eigenvalue weighted by molar-refractivity contribution is 6.34. The van der Waals surface area contributed by atoms with Gasteiger partial charge in [-0.25, -0.2) is 0 Å². The summed E-state index contributed by atoms with van der Waals surface area (Å²) in [5, 5.41) is 0. The largest absolute Gasteiger partial charge is 0.554 e. The number of hydrogen-bond donors (Lipinski definition) is 0. The molecule has 1 atom stereocenters. The van der Waals surface area contributed by atoms with Gasteiger partial charge in [0.05, 0.1) is 6.61 Å². The van der Waals surface area contributed by atoms with Gasteiger partial charge in [0.25, 0.3) is 0 Å². The molecule has 1 aromatic rings. The summed E-state index contributed by atoms with van der Waals surface area (Å²) in [7, 11) is 1.85. The first-order valence-electron chi connectivity index (χ1n) is 5.13. The molecule has 0 bridgehead atoms. The number of carbonyl (C=O) groups is 1. The Morgan fingerprint density at radius 2 is 2.33 bits per heavy atom. The molecule has 79 valence electrons. The third-order valence-corrected chi connectivity index (χ3v) is 2.15. The molecule has 0 N–H and O–H groups in total. The van der Waals surface area contributed by atoms with Crippen molar-refractivity contribution >= 4 is 13.4 Å². The summed E-state index contributed by atoms with van der Waals surface area (Å²) in [5.74, 6) is -0.413. The molecular formula is C11H16BNO2+. The Morgan fingerprint density at radius 3 is 2.93 bits per heavy atom. The van der Waals surface area contributed by atoms with Gasteiger partial charge < -0.3 is 4.74 Å². The van der Waals surface area contributed by atoms with Crippen LogP contribution in [-0.4, -0.2) is 20.0 Å². The zero-order valence-corrected chi connectivity index (χ0v) is 9.43. The fourth-order valence-corrected chi connectivity index (χ4v) is 1.28.